The van der Waals surface area contributed by atoms with Crippen LogP contribution in [0.25, 0.3) is 5.69 Å². The molecule has 30 heavy (non-hydrogen) atoms. The Bertz CT molecular complexity index is 1210. The molecule has 3 aromatic carbocycles. The summed E-state index contributed by atoms with van der Waals surface area (Å²) in [5, 5.41) is 4.37. The average molecular weight is 420 g/mol. The Morgan fingerprint density at radius 1 is 0.900 bits per heavy atom. The summed E-state index contributed by atoms with van der Waals surface area (Å²) in [4.78, 5) is 0.187. The Morgan fingerprint density at radius 3 is 2.17 bits per heavy atom. The van der Waals surface area contributed by atoms with E-state index in [2.05, 4.69) is 5.10 Å². The maximum Gasteiger partial charge on any atom is 0.264 e. The fourth-order valence-electron chi connectivity index (χ4n) is 3.10. The number of aromatic nitrogens is 2. The molecule has 0 radical (unpaired) electrons. The normalized spacial score (nSPS) is 11.2. The molecule has 152 valence electrons. The van der Waals surface area contributed by atoms with Gasteiger partial charge in [-0.1, -0.05) is 48.5 Å². The number of sulfonamides is 1. The van der Waals surface area contributed by atoms with Crippen molar-refractivity contribution < 1.29 is 13.2 Å². The van der Waals surface area contributed by atoms with E-state index in [9.17, 15) is 8.42 Å². The molecule has 0 saturated heterocycles. The summed E-state index contributed by atoms with van der Waals surface area (Å²) in [5.74, 6) is 0.598. The van der Waals surface area contributed by atoms with Gasteiger partial charge in [-0.25, -0.2) is 13.1 Å². The lowest BCUT2D eigenvalue weighted by Gasteiger charge is -2.23. The van der Waals surface area contributed by atoms with Gasteiger partial charge < -0.3 is 4.74 Å². The summed E-state index contributed by atoms with van der Waals surface area (Å²) in [6.45, 7) is 0.190. The Kier molecular flexibility index (Phi) is 5.54. The molecule has 0 amide bonds. The van der Waals surface area contributed by atoms with Crippen LogP contribution < -0.4 is 9.04 Å². The van der Waals surface area contributed by atoms with Crippen molar-refractivity contribution in [1.29, 1.82) is 0 Å². The summed E-state index contributed by atoms with van der Waals surface area (Å²) in [6, 6.07) is 25.4. The molecule has 0 atom stereocenters. The molecular formula is C23H21N3O3S. The Hall–Kier alpha value is -3.58. The highest BCUT2D eigenvalue weighted by Gasteiger charge is 2.26. The van der Waals surface area contributed by atoms with Crippen LogP contribution in [0.3, 0.4) is 0 Å². The third kappa shape index (κ3) is 4.06. The Balaban J connectivity index is 1.75. The highest BCUT2D eigenvalue weighted by Crippen LogP contribution is 2.27. The van der Waals surface area contributed by atoms with Crippen LogP contribution >= 0.6 is 0 Å². The Labute approximate surface area is 176 Å². The molecular weight excluding hydrogens is 398 g/mol. The van der Waals surface area contributed by atoms with Crippen LogP contribution in [-0.2, 0) is 16.6 Å². The first-order valence-corrected chi connectivity index (χ1v) is 10.8. The van der Waals surface area contributed by atoms with Gasteiger partial charge in [-0.2, -0.15) is 5.10 Å². The predicted octanol–water partition coefficient (Wildman–Crippen LogP) is 4.28. The molecule has 0 aliphatic carbocycles. The van der Waals surface area contributed by atoms with E-state index in [1.807, 2.05) is 60.7 Å². The lowest BCUT2D eigenvalue weighted by atomic mass is 10.2. The van der Waals surface area contributed by atoms with Gasteiger partial charge in [-0.05, 0) is 42.0 Å². The largest absolute Gasteiger partial charge is 0.497 e. The van der Waals surface area contributed by atoms with E-state index >= 15 is 0 Å². The fraction of sp³-hybridized carbons (Fsp3) is 0.0870. The van der Waals surface area contributed by atoms with E-state index in [1.165, 1.54) is 4.31 Å². The van der Waals surface area contributed by atoms with E-state index in [4.69, 9.17) is 4.74 Å². The van der Waals surface area contributed by atoms with Crippen molar-refractivity contribution in [3.8, 4) is 11.4 Å². The van der Waals surface area contributed by atoms with Crippen molar-refractivity contribution in [2.45, 2.75) is 11.4 Å². The lowest BCUT2D eigenvalue weighted by molar-refractivity contribution is 0.414. The van der Waals surface area contributed by atoms with Crippen LogP contribution in [0.5, 0.6) is 5.75 Å². The number of benzene rings is 3. The number of anilines is 1. The average Bonchev–Trinajstić information content (AvgIpc) is 3.28. The molecule has 6 nitrogen and oxygen atoms in total. The second-order valence-corrected chi connectivity index (χ2v) is 8.51. The van der Waals surface area contributed by atoms with Gasteiger partial charge >= 0.3 is 0 Å². The van der Waals surface area contributed by atoms with Crippen molar-refractivity contribution in [3.63, 3.8) is 0 Å². The topological polar surface area (TPSA) is 64.4 Å². The third-order valence-electron chi connectivity index (χ3n) is 4.69. The van der Waals surface area contributed by atoms with Crippen LogP contribution in [0.4, 0.5) is 5.69 Å². The summed E-state index contributed by atoms with van der Waals surface area (Å²) < 4.78 is 35.2. The van der Waals surface area contributed by atoms with Crippen molar-refractivity contribution in [3.05, 3.63) is 103 Å². The molecule has 0 aliphatic heterocycles. The molecule has 0 unspecified atom stereocenters. The number of ether oxygens (including phenoxy) is 1. The first-order chi connectivity index (χ1) is 14.6. The zero-order valence-corrected chi connectivity index (χ0v) is 17.2. The van der Waals surface area contributed by atoms with E-state index in [1.54, 1.807) is 48.5 Å². The van der Waals surface area contributed by atoms with Crippen LogP contribution in [0.1, 0.15) is 5.56 Å². The molecule has 4 aromatic rings. The van der Waals surface area contributed by atoms with E-state index < -0.39 is 10.0 Å². The summed E-state index contributed by atoms with van der Waals surface area (Å²) in [6.07, 6.45) is 3.29. The van der Waals surface area contributed by atoms with E-state index in [0.29, 0.717) is 11.4 Å². The van der Waals surface area contributed by atoms with E-state index in [0.717, 1.165) is 11.3 Å². The van der Waals surface area contributed by atoms with Gasteiger partial charge in [0.25, 0.3) is 10.0 Å². The monoisotopic (exact) mass is 419 g/mol. The summed E-state index contributed by atoms with van der Waals surface area (Å²) in [5.41, 5.74) is 2.21. The van der Waals surface area contributed by atoms with Gasteiger partial charge in [0.2, 0.25) is 0 Å². The lowest BCUT2D eigenvalue weighted by Crippen LogP contribution is -2.30. The molecule has 1 aromatic heterocycles. The van der Waals surface area contributed by atoms with Gasteiger partial charge in [0.1, 0.15) is 5.75 Å². The molecule has 1 heterocycles. The van der Waals surface area contributed by atoms with Crippen molar-refractivity contribution in [1.82, 2.24) is 9.78 Å². The molecule has 0 bridgehead atoms. The molecule has 0 fully saturated rings. The molecule has 7 heteroatoms. The maximum atomic E-state index is 13.5. The first kappa shape index (κ1) is 19.7. The SMILES string of the molecule is COc1ccc(S(=O)(=O)N(Cc2ccccc2)c2cnn(-c3ccccc3)c2)cc1. The third-order valence-corrected chi connectivity index (χ3v) is 6.48. The molecule has 0 N–H and O–H groups in total. The zero-order chi connectivity index (χ0) is 21.0. The predicted molar refractivity (Wildman–Crippen MR) is 116 cm³/mol. The first-order valence-electron chi connectivity index (χ1n) is 9.39. The Morgan fingerprint density at radius 2 is 1.53 bits per heavy atom. The van der Waals surface area contributed by atoms with Crippen molar-refractivity contribution >= 4 is 15.7 Å². The number of nitrogens with zero attached hydrogens (tertiary/aromatic N) is 3. The smallest absolute Gasteiger partial charge is 0.264 e. The summed E-state index contributed by atoms with van der Waals surface area (Å²) >= 11 is 0. The maximum absolute atomic E-state index is 13.5. The second-order valence-electron chi connectivity index (χ2n) is 6.65. The minimum atomic E-state index is -3.82. The highest BCUT2D eigenvalue weighted by atomic mass is 32.2. The van der Waals surface area contributed by atoms with Crippen molar-refractivity contribution in [2.75, 3.05) is 11.4 Å². The van der Waals surface area contributed by atoms with Crippen molar-refractivity contribution in [2.24, 2.45) is 0 Å². The van der Waals surface area contributed by atoms with Gasteiger partial charge in [-0.3, -0.25) is 4.31 Å². The minimum Gasteiger partial charge on any atom is -0.497 e. The van der Waals surface area contributed by atoms with Gasteiger partial charge in [0.15, 0.2) is 0 Å². The van der Waals surface area contributed by atoms with Gasteiger partial charge in [0.05, 0.1) is 42.3 Å². The quantitative estimate of drug-likeness (QED) is 0.449. The number of hydrogen-bond acceptors (Lipinski definition) is 4. The van der Waals surface area contributed by atoms with Crippen LogP contribution in [0.15, 0.2) is 102 Å². The van der Waals surface area contributed by atoms with E-state index in [-0.39, 0.29) is 11.4 Å². The molecule has 4 rings (SSSR count). The number of para-hydroxylation sites is 1. The molecule has 0 spiro atoms. The zero-order valence-electron chi connectivity index (χ0n) is 16.4. The molecule has 0 aliphatic rings. The second kappa shape index (κ2) is 8.42. The number of methoxy groups -OCH3 is 1. The fourth-order valence-corrected chi connectivity index (χ4v) is 4.53. The summed E-state index contributed by atoms with van der Waals surface area (Å²) in [7, 11) is -2.28. The van der Waals surface area contributed by atoms with Gasteiger partial charge in [0, 0.05) is 0 Å². The number of rotatable bonds is 7. The van der Waals surface area contributed by atoms with Crippen LogP contribution in [0.2, 0.25) is 0 Å². The highest BCUT2D eigenvalue weighted by molar-refractivity contribution is 7.92. The van der Waals surface area contributed by atoms with Gasteiger partial charge in [-0.15, -0.1) is 0 Å². The standard InChI is InChI=1S/C23H21N3O3S/c1-29-22-12-14-23(15-13-22)30(27,28)26(17-19-8-4-2-5-9-19)21-16-24-25(18-21)20-10-6-3-7-11-20/h2-16,18H,17H2,1H3. The minimum absolute atomic E-state index is 0.187. The number of hydrogen-bond donors (Lipinski definition) is 0. The van der Waals surface area contributed by atoms with Crippen LogP contribution in [0, 0.1) is 0 Å². The van der Waals surface area contributed by atoms with Crippen LogP contribution in [-0.4, -0.2) is 25.3 Å². The molecule has 0 saturated carbocycles.